The number of hydrogen-bond acceptors (Lipinski definition) is 4. The molecule has 0 saturated heterocycles. The third kappa shape index (κ3) is 8.02. The maximum Gasteiger partial charge on any atom is 0.137 e. The van der Waals surface area contributed by atoms with Crippen molar-refractivity contribution < 1.29 is 4.74 Å². The highest BCUT2D eigenvalue weighted by molar-refractivity contribution is 6.09. The highest BCUT2D eigenvalue weighted by Gasteiger charge is 2.31. The van der Waals surface area contributed by atoms with Crippen molar-refractivity contribution in [2.75, 3.05) is 16.5 Å². The zero-order valence-corrected chi connectivity index (χ0v) is 40.1. The van der Waals surface area contributed by atoms with Gasteiger partial charge in [0.2, 0.25) is 0 Å². The Labute approximate surface area is 391 Å². The third-order valence-electron chi connectivity index (χ3n) is 13.3. The van der Waals surface area contributed by atoms with Crippen LogP contribution in [0.2, 0.25) is 0 Å². The van der Waals surface area contributed by atoms with Crippen LogP contribution in [0.4, 0.5) is 22.7 Å². The second-order valence-electron chi connectivity index (χ2n) is 21.2. The quantitative estimate of drug-likeness (QED) is 0.160. The Morgan fingerprint density at radius 2 is 1.11 bits per heavy atom. The van der Waals surface area contributed by atoms with Crippen LogP contribution in [-0.4, -0.2) is 16.2 Å². The molecule has 0 amide bonds. The minimum atomic E-state index is -0.00755. The Morgan fingerprint density at radius 3 is 1.83 bits per heavy atom. The van der Waals surface area contributed by atoms with Crippen LogP contribution in [-0.2, 0) is 16.2 Å². The predicted molar refractivity (Wildman–Crippen MR) is 279 cm³/mol. The van der Waals surface area contributed by atoms with Gasteiger partial charge in [-0.05, 0) is 123 Å². The molecule has 3 heterocycles. The van der Waals surface area contributed by atoms with Crippen molar-refractivity contribution in [3.05, 3.63) is 192 Å². The summed E-state index contributed by atoms with van der Waals surface area (Å²) in [5.74, 6) is 2.42. The average molecular weight is 865 g/mol. The molecule has 0 bridgehead atoms. The molecule has 0 unspecified atom stereocenters. The monoisotopic (exact) mass is 864 g/mol. The lowest BCUT2D eigenvalue weighted by molar-refractivity contribution is 0.483. The number of benzene rings is 7. The van der Waals surface area contributed by atoms with E-state index in [0.717, 1.165) is 50.7 Å². The molecule has 5 nitrogen and oxygen atoms in total. The summed E-state index contributed by atoms with van der Waals surface area (Å²) in [5.41, 5.74) is 16.7. The number of aryl methyl sites for hydroxylation is 1. The summed E-state index contributed by atoms with van der Waals surface area (Å²) in [4.78, 5) is 10.0. The molecule has 66 heavy (non-hydrogen) atoms. The van der Waals surface area contributed by atoms with Gasteiger partial charge < -0.3 is 14.5 Å². The first kappa shape index (κ1) is 42.8. The van der Waals surface area contributed by atoms with Gasteiger partial charge in [0, 0.05) is 46.0 Å². The molecule has 9 aromatic rings. The van der Waals surface area contributed by atoms with E-state index in [4.69, 9.17) is 9.72 Å². The second-order valence-corrected chi connectivity index (χ2v) is 21.2. The number of ether oxygens (including phenoxy) is 1. The molecule has 0 saturated carbocycles. The predicted octanol–water partition coefficient (Wildman–Crippen LogP) is 16.8. The topological polar surface area (TPSA) is 33.5 Å². The third-order valence-corrected chi connectivity index (χ3v) is 13.3. The van der Waals surface area contributed by atoms with Gasteiger partial charge in [0.25, 0.3) is 0 Å². The first-order valence-corrected chi connectivity index (χ1v) is 23.3. The maximum absolute atomic E-state index is 6.82. The summed E-state index contributed by atoms with van der Waals surface area (Å²) < 4.78 is 9.09. The van der Waals surface area contributed by atoms with Gasteiger partial charge in [0.1, 0.15) is 24.0 Å². The smallest absolute Gasteiger partial charge is 0.137 e. The molecule has 0 atom stereocenters. The van der Waals surface area contributed by atoms with Crippen LogP contribution >= 0.6 is 0 Å². The highest BCUT2D eigenvalue weighted by atomic mass is 16.5. The van der Waals surface area contributed by atoms with Gasteiger partial charge in [0.05, 0.1) is 22.4 Å². The van der Waals surface area contributed by atoms with E-state index < -0.39 is 0 Å². The van der Waals surface area contributed by atoms with Crippen molar-refractivity contribution in [1.82, 2.24) is 9.55 Å². The van der Waals surface area contributed by atoms with Crippen LogP contribution in [0.25, 0.3) is 49.9 Å². The summed E-state index contributed by atoms with van der Waals surface area (Å²) >= 11 is 0. The Kier molecular flexibility index (Phi) is 10.4. The van der Waals surface area contributed by atoms with E-state index in [1.165, 1.54) is 55.7 Å². The van der Waals surface area contributed by atoms with Crippen LogP contribution in [0.1, 0.15) is 84.6 Å². The number of rotatable bonds is 7. The lowest BCUT2D eigenvalue weighted by atomic mass is 9.80. The summed E-state index contributed by atoms with van der Waals surface area (Å²) in [5, 5.41) is 2.33. The van der Waals surface area contributed by atoms with Gasteiger partial charge in [-0.3, -0.25) is 4.57 Å². The van der Waals surface area contributed by atoms with E-state index in [1.54, 1.807) is 0 Å². The fourth-order valence-corrected chi connectivity index (χ4v) is 9.38. The summed E-state index contributed by atoms with van der Waals surface area (Å²) in [6.07, 6.45) is 2.03. The van der Waals surface area contributed by atoms with Crippen LogP contribution in [0.15, 0.2) is 170 Å². The van der Waals surface area contributed by atoms with E-state index >= 15 is 0 Å². The molecule has 1 aliphatic heterocycles. The van der Waals surface area contributed by atoms with Crippen molar-refractivity contribution >= 4 is 44.6 Å². The van der Waals surface area contributed by atoms with E-state index in [1.807, 2.05) is 6.20 Å². The van der Waals surface area contributed by atoms with Crippen molar-refractivity contribution in [3.63, 3.8) is 0 Å². The molecule has 0 radical (unpaired) electrons. The molecule has 7 aromatic carbocycles. The van der Waals surface area contributed by atoms with E-state index in [9.17, 15) is 0 Å². The Balaban J connectivity index is 1.02. The zero-order valence-electron chi connectivity index (χ0n) is 40.1. The minimum Gasteiger partial charge on any atom is -0.457 e. The fraction of sp³-hybridized carbons (Fsp3) is 0.230. The van der Waals surface area contributed by atoms with E-state index in [0.29, 0.717) is 6.67 Å². The van der Waals surface area contributed by atoms with Gasteiger partial charge in [0.15, 0.2) is 0 Å². The molecule has 0 fully saturated rings. The fourth-order valence-electron chi connectivity index (χ4n) is 9.38. The van der Waals surface area contributed by atoms with Gasteiger partial charge in [-0.25, -0.2) is 4.98 Å². The first-order chi connectivity index (χ1) is 31.5. The molecule has 1 aliphatic rings. The summed E-state index contributed by atoms with van der Waals surface area (Å²) in [6, 6.07) is 59.4. The van der Waals surface area contributed by atoms with Gasteiger partial charge in [-0.15, -0.1) is 0 Å². The normalized spacial score (nSPS) is 13.2. The number of pyridine rings is 1. The minimum absolute atomic E-state index is 0.00755. The largest absolute Gasteiger partial charge is 0.457 e. The number of anilines is 4. The van der Waals surface area contributed by atoms with E-state index in [-0.39, 0.29) is 16.2 Å². The molecule has 5 heteroatoms. The Bertz CT molecular complexity index is 3250. The van der Waals surface area contributed by atoms with Crippen LogP contribution in [0, 0.1) is 6.92 Å². The second kappa shape index (κ2) is 16.1. The SMILES string of the molecule is Cc1cc(-n2c3ccccc3c3ccc(Oc4cccc(N5CN(c6cc(C(C)(C)C)cc(C(C)(C)C)c6)c6cc(-c7ccccc7)ccc65)c4)cc32)ncc1-c1cccc(C(C)(C)C)c1. The molecular weight excluding hydrogens is 805 g/mol. The van der Waals surface area contributed by atoms with Gasteiger partial charge in [-0.1, -0.05) is 153 Å². The van der Waals surface area contributed by atoms with Crippen LogP contribution < -0.4 is 14.5 Å². The zero-order chi connectivity index (χ0) is 46.1. The van der Waals surface area contributed by atoms with Crippen molar-refractivity contribution in [2.45, 2.75) is 85.5 Å². The summed E-state index contributed by atoms with van der Waals surface area (Å²) in [6.45, 7) is 23.5. The lowest BCUT2D eigenvalue weighted by Crippen LogP contribution is -2.25. The first-order valence-electron chi connectivity index (χ1n) is 23.3. The summed E-state index contributed by atoms with van der Waals surface area (Å²) in [7, 11) is 0. The molecule has 10 rings (SSSR count). The number of aromatic nitrogens is 2. The average Bonchev–Trinajstić information content (AvgIpc) is 3.84. The van der Waals surface area contributed by atoms with Crippen molar-refractivity contribution in [2.24, 2.45) is 0 Å². The van der Waals surface area contributed by atoms with Gasteiger partial charge >= 0.3 is 0 Å². The molecule has 0 N–H and O–H groups in total. The van der Waals surface area contributed by atoms with E-state index in [2.05, 4.69) is 247 Å². The molecule has 330 valence electrons. The number of para-hydroxylation sites is 1. The van der Waals surface area contributed by atoms with Crippen molar-refractivity contribution in [1.29, 1.82) is 0 Å². The standard InChI is InChI=1S/C61H60N4O/c1-40-30-58(62-38-53(40)43-20-16-21-44(31-43)59(2,3)4)65-54-25-15-14-24-51(54)52-28-27-50(37-56(52)65)66-49-23-17-22-47(36-49)63-39-64(48-34-45(60(5,6)7)33-46(35-48)61(8,9)10)57-32-42(26-29-55(57)63)41-18-12-11-13-19-41/h11-38H,39H2,1-10H3. The lowest BCUT2D eigenvalue weighted by Gasteiger charge is -2.29. The molecule has 0 aliphatic carbocycles. The van der Waals surface area contributed by atoms with Crippen LogP contribution in [0.5, 0.6) is 11.5 Å². The number of fused-ring (bicyclic) bond motifs is 4. The van der Waals surface area contributed by atoms with Crippen molar-refractivity contribution in [3.8, 4) is 39.6 Å². The number of hydrogen-bond donors (Lipinski definition) is 0. The van der Waals surface area contributed by atoms with Crippen LogP contribution in [0.3, 0.4) is 0 Å². The number of nitrogens with zero attached hydrogens (tertiary/aromatic N) is 4. The molecular formula is C61H60N4O. The Hall–Kier alpha value is -7.11. The maximum atomic E-state index is 6.82. The highest BCUT2D eigenvalue weighted by Crippen LogP contribution is 2.48. The molecule has 2 aromatic heterocycles. The molecule has 0 spiro atoms. The van der Waals surface area contributed by atoms with Gasteiger partial charge in [-0.2, -0.15) is 0 Å². The Morgan fingerprint density at radius 1 is 0.455 bits per heavy atom.